The highest BCUT2D eigenvalue weighted by atomic mass is 16.5. The molecule has 6 nitrogen and oxygen atoms in total. The standard InChI is InChI=1S/C26H25N3O3/c30-24(28-16-18-8-7-15-27-26(18)32-19-9-1-2-10-19)17-29-22-13-5-3-11-20(22)25(31)21-12-4-6-14-23(21)29/h3-8,11-15,19H,1-2,9-10,16-17H2,(H,28,30). The van der Waals surface area contributed by atoms with Gasteiger partial charge < -0.3 is 14.6 Å². The fraction of sp³-hybridized carbons (Fsp3) is 0.269. The normalized spacial score (nSPS) is 14.1. The summed E-state index contributed by atoms with van der Waals surface area (Å²) in [5.74, 6) is 0.457. The molecule has 0 atom stereocenters. The summed E-state index contributed by atoms with van der Waals surface area (Å²) in [7, 11) is 0. The van der Waals surface area contributed by atoms with Crippen LogP contribution in [0.5, 0.6) is 5.88 Å². The van der Waals surface area contributed by atoms with Crippen molar-refractivity contribution in [2.45, 2.75) is 44.9 Å². The Morgan fingerprint density at radius 2 is 1.62 bits per heavy atom. The molecule has 0 bridgehead atoms. The van der Waals surface area contributed by atoms with E-state index in [-0.39, 0.29) is 24.0 Å². The van der Waals surface area contributed by atoms with Crippen molar-refractivity contribution < 1.29 is 9.53 Å². The number of ether oxygens (including phenoxy) is 1. The highest BCUT2D eigenvalue weighted by molar-refractivity contribution is 5.94. The number of nitrogens with one attached hydrogen (secondary N) is 1. The first-order chi connectivity index (χ1) is 15.7. The summed E-state index contributed by atoms with van der Waals surface area (Å²) in [6.45, 7) is 0.450. The van der Waals surface area contributed by atoms with Gasteiger partial charge in [0.15, 0.2) is 5.43 Å². The summed E-state index contributed by atoms with van der Waals surface area (Å²) in [4.78, 5) is 30.2. The molecule has 1 saturated carbocycles. The van der Waals surface area contributed by atoms with Gasteiger partial charge in [-0.1, -0.05) is 30.3 Å². The largest absolute Gasteiger partial charge is 0.474 e. The van der Waals surface area contributed by atoms with Crippen LogP contribution < -0.4 is 15.5 Å². The SMILES string of the molecule is O=C(Cn1c2ccccc2c(=O)c2ccccc21)NCc1cccnc1OC1CCCC1. The number of amides is 1. The monoisotopic (exact) mass is 427 g/mol. The van der Waals surface area contributed by atoms with Gasteiger partial charge in [0.1, 0.15) is 12.6 Å². The molecule has 1 N–H and O–H groups in total. The molecule has 0 saturated heterocycles. The Morgan fingerprint density at radius 1 is 0.969 bits per heavy atom. The number of hydrogen-bond donors (Lipinski definition) is 1. The molecule has 162 valence electrons. The van der Waals surface area contributed by atoms with Gasteiger partial charge in [-0.3, -0.25) is 9.59 Å². The van der Waals surface area contributed by atoms with Gasteiger partial charge in [-0.05, 0) is 56.0 Å². The van der Waals surface area contributed by atoms with Gasteiger partial charge in [0.25, 0.3) is 0 Å². The number of carbonyl (C=O) groups excluding carboxylic acids is 1. The molecule has 2 aromatic carbocycles. The topological polar surface area (TPSA) is 73.2 Å². The first-order valence-electron chi connectivity index (χ1n) is 11.1. The number of benzene rings is 2. The second-order valence-corrected chi connectivity index (χ2v) is 8.22. The van der Waals surface area contributed by atoms with Crippen molar-refractivity contribution in [1.29, 1.82) is 0 Å². The molecular weight excluding hydrogens is 402 g/mol. The van der Waals surface area contributed by atoms with Crippen LogP contribution in [0.1, 0.15) is 31.2 Å². The quantitative estimate of drug-likeness (QED) is 0.469. The second kappa shape index (κ2) is 8.83. The van der Waals surface area contributed by atoms with Crippen LogP contribution in [0.3, 0.4) is 0 Å². The van der Waals surface area contributed by atoms with Crippen LogP contribution in [-0.4, -0.2) is 21.6 Å². The van der Waals surface area contributed by atoms with Crippen molar-refractivity contribution in [3.8, 4) is 5.88 Å². The third-order valence-corrected chi connectivity index (χ3v) is 6.09. The maximum absolute atomic E-state index is 12.9. The third kappa shape index (κ3) is 3.96. The number of carbonyl (C=O) groups is 1. The van der Waals surface area contributed by atoms with Crippen molar-refractivity contribution >= 4 is 27.7 Å². The van der Waals surface area contributed by atoms with Gasteiger partial charge in [0.05, 0.1) is 11.0 Å². The van der Waals surface area contributed by atoms with Gasteiger partial charge in [-0.15, -0.1) is 0 Å². The molecule has 5 rings (SSSR count). The summed E-state index contributed by atoms with van der Waals surface area (Å²) in [5.41, 5.74) is 2.34. The van der Waals surface area contributed by atoms with Crippen LogP contribution in [0.4, 0.5) is 0 Å². The molecule has 32 heavy (non-hydrogen) atoms. The molecule has 1 aliphatic carbocycles. The number of pyridine rings is 2. The minimum absolute atomic E-state index is 0.0167. The average molecular weight is 428 g/mol. The zero-order valence-electron chi connectivity index (χ0n) is 17.8. The average Bonchev–Trinajstić information content (AvgIpc) is 3.34. The minimum Gasteiger partial charge on any atom is -0.474 e. The van der Waals surface area contributed by atoms with E-state index in [2.05, 4.69) is 10.3 Å². The molecule has 6 heteroatoms. The summed E-state index contributed by atoms with van der Waals surface area (Å²) < 4.78 is 7.99. The van der Waals surface area contributed by atoms with Crippen molar-refractivity contribution in [3.05, 3.63) is 82.6 Å². The Hall–Kier alpha value is -3.67. The number of nitrogens with zero attached hydrogens (tertiary/aromatic N) is 2. The van der Waals surface area contributed by atoms with Crippen LogP contribution in [0.2, 0.25) is 0 Å². The molecule has 2 heterocycles. The van der Waals surface area contributed by atoms with E-state index < -0.39 is 0 Å². The van der Waals surface area contributed by atoms with Gasteiger partial charge in [0.2, 0.25) is 11.8 Å². The van der Waals surface area contributed by atoms with Crippen LogP contribution >= 0.6 is 0 Å². The number of aromatic nitrogens is 2. The molecule has 1 aliphatic rings. The summed E-state index contributed by atoms with van der Waals surface area (Å²) in [6, 6.07) is 18.6. The second-order valence-electron chi connectivity index (χ2n) is 8.22. The first-order valence-corrected chi connectivity index (χ1v) is 11.1. The lowest BCUT2D eigenvalue weighted by atomic mass is 10.1. The predicted octanol–water partition coefficient (Wildman–Crippen LogP) is 4.19. The molecule has 0 unspecified atom stereocenters. The van der Waals surface area contributed by atoms with E-state index in [1.165, 1.54) is 12.8 Å². The Labute approximate surface area is 185 Å². The highest BCUT2D eigenvalue weighted by Crippen LogP contribution is 2.25. The maximum atomic E-state index is 12.9. The Kier molecular flexibility index (Phi) is 5.58. The van der Waals surface area contributed by atoms with E-state index in [4.69, 9.17) is 4.74 Å². The van der Waals surface area contributed by atoms with E-state index in [1.54, 1.807) is 18.3 Å². The van der Waals surface area contributed by atoms with Crippen LogP contribution in [0.25, 0.3) is 21.8 Å². The first kappa shape index (κ1) is 20.2. The fourth-order valence-corrected chi connectivity index (χ4v) is 4.47. The van der Waals surface area contributed by atoms with Gasteiger partial charge in [-0.2, -0.15) is 0 Å². The Bertz CT molecular complexity index is 1280. The summed E-state index contributed by atoms with van der Waals surface area (Å²) in [6.07, 6.45) is 6.39. The van der Waals surface area contributed by atoms with Crippen molar-refractivity contribution in [2.75, 3.05) is 0 Å². The number of rotatable bonds is 6. The molecule has 2 aromatic heterocycles. The predicted molar refractivity (Wildman–Crippen MR) is 125 cm³/mol. The van der Waals surface area contributed by atoms with Crippen LogP contribution in [0, 0.1) is 0 Å². The van der Waals surface area contributed by atoms with Crippen LogP contribution in [0.15, 0.2) is 71.7 Å². The molecule has 1 amide bonds. The van der Waals surface area contributed by atoms with E-state index in [0.717, 1.165) is 29.4 Å². The number of hydrogen-bond acceptors (Lipinski definition) is 4. The highest BCUT2D eigenvalue weighted by Gasteiger charge is 2.19. The zero-order valence-corrected chi connectivity index (χ0v) is 17.8. The molecule has 0 aliphatic heterocycles. The minimum atomic E-state index is -0.139. The Morgan fingerprint density at radius 3 is 2.31 bits per heavy atom. The Balaban J connectivity index is 1.38. The summed E-state index contributed by atoms with van der Waals surface area (Å²) in [5, 5.41) is 4.22. The van der Waals surface area contributed by atoms with Gasteiger partial charge in [0, 0.05) is 29.1 Å². The van der Waals surface area contributed by atoms with E-state index in [1.807, 2.05) is 53.1 Å². The molecule has 0 spiro atoms. The molecule has 0 radical (unpaired) electrons. The van der Waals surface area contributed by atoms with E-state index in [9.17, 15) is 9.59 Å². The van der Waals surface area contributed by atoms with E-state index >= 15 is 0 Å². The maximum Gasteiger partial charge on any atom is 0.240 e. The van der Waals surface area contributed by atoms with Crippen LogP contribution in [-0.2, 0) is 17.9 Å². The lowest BCUT2D eigenvalue weighted by molar-refractivity contribution is -0.121. The van der Waals surface area contributed by atoms with Crippen molar-refractivity contribution in [2.24, 2.45) is 0 Å². The lowest BCUT2D eigenvalue weighted by Crippen LogP contribution is -2.28. The number of para-hydroxylation sites is 2. The fourth-order valence-electron chi connectivity index (χ4n) is 4.47. The molecular formula is C26H25N3O3. The third-order valence-electron chi connectivity index (χ3n) is 6.09. The van der Waals surface area contributed by atoms with E-state index in [0.29, 0.717) is 23.2 Å². The van der Waals surface area contributed by atoms with Crippen molar-refractivity contribution in [3.63, 3.8) is 0 Å². The molecule has 4 aromatic rings. The molecule has 1 fully saturated rings. The van der Waals surface area contributed by atoms with Crippen molar-refractivity contribution in [1.82, 2.24) is 14.9 Å². The zero-order chi connectivity index (χ0) is 21.9. The smallest absolute Gasteiger partial charge is 0.240 e. The lowest BCUT2D eigenvalue weighted by Gasteiger charge is -2.17. The summed E-state index contributed by atoms with van der Waals surface area (Å²) >= 11 is 0. The van der Waals surface area contributed by atoms with Gasteiger partial charge >= 0.3 is 0 Å². The number of fused-ring (bicyclic) bond motifs is 2. The van der Waals surface area contributed by atoms with Gasteiger partial charge in [-0.25, -0.2) is 4.98 Å².